The fourth-order valence-electron chi connectivity index (χ4n) is 2.71. The zero-order chi connectivity index (χ0) is 15.7. The third kappa shape index (κ3) is 2.86. The number of nitro groups is 1. The number of carbonyl (C=O) groups excluding carboxylic acids is 1. The molecule has 1 aliphatic carbocycles. The molecule has 9 heteroatoms. The standard InChI is InChI=1S/C12H16N4O5/c1-6-9(16(20)21)10(15(2)14-6)11(17)13-8-4-3-7(5-8)12(18)19/h7-8H,3-5H2,1-2H3,(H,13,17)(H,18,19)/t7-,8+/m0/s1. The van der Waals surface area contributed by atoms with E-state index in [1.165, 1.54) is 18.7 Å². The Morgan fingerprint density at radius 3 is 2.67 bits per heavy atom. The van der Waals surface area contributed by atoms with Crippen LogP contribution in [-0.4, -0.2) is 37.7 Å². The largest absolute Gasteiger partial charge is 0.481 e. The predicted molar refractivity (Wildman–Crippen MR) is 70.8 cm³/mol. The summed E-state index contributed by atoms with van der Waals surface area (Å²) in [6.07, 6.45) is 1.38. The van der Waals surface area contributed by atoms with Crippen LogP contribution in [0.2, 0.25) is 0 Å². The Labute approximate surface area is 120 Å². The number of hydrogen-bond acceptors (Lipinski definition) is 5. The van der Waals surface area contributed by atoms with Crippen molar-refractivity contribution in [2.24, 2.45) is 13.0 Å². The van der Waals surface area contributed by atoms with Gasteiger partial charge in [0.1, 0.15) is 5.69 Å². The van der Waals surface area contributed by atoms with E-state index in [1.807, 2.05) is 0 Å². The van der Waals surface area contributed by atoms with Crippen LogP contribution in [-0.2, 0) is 11.8 Å². The quantitative estimate of drug-likeness (QED) is 0.619. The molecule has 21 heavy (non-hydrogen) atoms. The molecule has 0 unspecified atom stereocenters. The highest BCUT2D eigenvalue weighted by molar-refractivity contribution is 5.97. The van der Waals surface area contributed by atoms with Gasteiger partial charge in [0, 0.05) is 13.1 Å². The molecule has 1 heterocycles. The van der Waals surface area contributed by atoms with Gasteiger partial charge < -0.3 is 10.4 Å². The Morgan fingerprint density at radius 1 is 1.48 bits per heavy atom. The summed E-state index contributed by atoms with van der Waals surface area (Å²) in [6, 6.07) is -0.284. The summed E-state index contributed by atoms with van der Waals surface area (Å²) in [5.74, 6) is -1.95. The lowest BCUT2D eigenvalue weighted by molar-refractivity contribution is -0.385. The highest BCUT2D eigenvalue weighted by atomic mass is 16.6. The topological polar surface area (TPSA) is 127 Å². The van der Waals surface area contributed by atoms with E-state index >= 15 is 0 Å². The first kappa shape index (κ1) is 14.9. The SMILES string of the molecule is Cc1nn(C)c(C(=O)N[C@@H]2CC[C@H](C(=O)O)C2)c1[N+](=O)[O-]. The number of rotatable bonds is 4. The van der Waals surface area contributed by atoms with Crippen LogP contribution in [0.25, 0.3) is 0 Å². The van der Waals surface area contributed by atoms with Gasteiger partial charge in [-0.25, -0.2) is 0 Å². The molecule has 0 aromatic carbocycles. The Kier molecular flexibility index (Phi) is 3.92. The molecule has 0 saturated heterocycles. The molecule has 2 rings (SSSR count). The van der Waals surface area contributed by atoms with E-state index < -0.39 is 22.7 Å². The van der Waals surface area contributed by atoms with E-state index in [9.17, 15) is 19.7 Å². The van der Waals surface area contributed by atoms with Gasteiger partial charge in [0.15, 0.2) is 0 Å². The fraction of sp³-hybridized carbons (Fsp3) is 0.583. The van der Waals surface area contributed by atoms with Crippen molar-refractivity contribution in [1.29, 1.82) is 0 Å². The second-order valence-corrected chi connectivity index (χ2v) is 5.18. The van der Waals surface area contributed by atoms with Gasteiger partial charge in [-0.05, 0) is 26.2 Å². The van der Waals surface area contributed by atoms with Gasteiger partial charge in [-0.3, -0.25) is 24.4 Å². The van der Waals surface area contributed by atoms with Crippen LogP contribution in [0.3, 0.4) is 0 Å². The van der Waals surface area contributed by atoms with Crippen molar-refractivity contribution in [3.05, 3.63) is 21.5 Å². The zero-order valence-electron chi connectivity index (χ0n) is 11.7. The van der Waals surface area contributed by atoms with Crippen LogP contribution in [0.15, 0.2) is 0 Å². The first-order chi connectivity index (χ1) is 9.81. The summed E-state index contributed by atoms with van der Waals surface area (Å²) in [4.78, 5) is 33.5. The minimum atomic E-state index is -0.880. The average molecular weight is 296 g/mol. The number of carboxylic acids is 1. The summed E-state index contributed by atoms with van der Waals surface area (Å²) < 4.78 is 1.17. The summed E-state index contributed by atoms with van der Waals surface area (Å²) >= 11 is 0. The molecule has 1 fully saturated rings. The monoisotopic (exact) mass is 296 g/mol. The predicted octanol–water partition coefficient (Wildman–Crippen LogP) is 0.620. The van der Waals surface area contributed by atoms with Crippen molar-refractivity contribution >= 4 is 17.6 Å². The summed E-state index contributed by atoms with van der Waals surface area (Å²) in [6.45, 7) is 1.46. The third-order valence-electron chi connectivity index (χ3n) is 3.71. The smallest absolute Gasteiger partial charge is 0.322 e. The number of aryl methyl sites for hydroxylation is 2. The Balaban J connectivity index is 2.15. The third-order valence-corrected chi connectivity index (χ3v) is 3.71. The fourth-order valence-corrected chi connectivity index (χ4v) is 2.71. The number of carboxylic acid groups (broad SMARTS) is 1. The van der Waals surface area contributed by atoms with Gasteiger partial charge in [0.25, 0.3) is 5.91 Å². The molecule has 1 aromatic rings. The van der Waals surface area contributed by atoms with E-state index in [4.69, 9.17) is 5.11 Å². The maximum absolute atomic E-state index is 12.2. The summed E-state index contributed by atoms with van der Waals surface area (Å²) in [7, 11) is 1.46. The van der Waals surface area contributed by atoms with Gasteiger partial charge in [-0.2, -0.15) is 5.10 Å². The first-order valence-corrected chi connectivity index (χ1v) is 6.53. The van der Waals surface area contributed by atoms with Crippen LogP contribution in [0.5, 0.6) is 0 Å². The molecule has 0 aliphatic heterocycles. The van der Waals surface area contributed by atoms with E-state index in [2.05, 4.69) is 10.4 Å². The maximum atomic E-state index is 12.2. The average Bonchev–Trinajstić information content (AvgIpc) is 2.93. The number of hydrogen-bond donors (Lipinski definition) is 2. The Morgan fingerprint density at radius 2 is 2.14 bits per heavy atom. The van der Waals surface area contributed by atoms with Gasteiger partial charge >= 0.3 is 11.7 Å². The van der Waals surface area contributed by atoms with Crippen LogP contribution in [0, 0.1) is 23.0 Å². The summed E-state index contributed by atoms with van der Waals surface area (Å²) in [5, 5.41) is 26.5. The van der Waals surface area contributed by atoms with Crippen molar-refractivity contribution in [2.45, 2.75) is 32.2 Å². The van der Waals surface area contributed by atoms with Gasteiger partial charge in [-0.1, -0.05) is 0 Å². The molecule has 2 N–H and O–H groups in total. The van der Waals surface area contributed by atoms with Crippen molar-refractivity contribution in [3.63, 3.8) is 0 Å². The lowest BCUT2D eigenvalue weighted by Crippen LogP contribution is -2.34. The van der Waals surface area contributed by atoms with Crippen LogP contribution in [0.1, 0.15) is 35.4 Å². The second kappa shape index (κ2) is 5.51. The molecule has 0 bridgehead atoms. The lowest BCUT2D eigenvalue weighted by Gasteiger charge is -2.12. The molecule has 0 spiro atoms. The summed E-state index contributed by atoms with van der Waals surface area (Å²) in [5.41, 5.74) is -0.262. The van der Waals surface area contributed by atoms with Crippen LogP contribution < -0.4 is 5.32 Å². The number of carbonyl (C=O) groups is 2. The molecule has 1 aliphatic rings. The minimum absolute atomic E-state index is 0.115. The number of nitrogens with zero attached hydrogens (tertiary/aromatic N) is 3. The molecule has 9 nitrogen and oxygen atoms in total. The number of amides is 1. The highest BCUT2D eigenvalue weighted by Gasteiger charge is 2.34. The number of nitrogens with one attached hydrogen (secondary N) is 1. The van der Waals surface area contributed by atoms with Crippen molar-refractivity contribution in [2.75, 3.05) is 0 Å². The van der Waals surface area contributed by atoms with Gasteiger partial charge in [-0.15, -0.1) is 0 Å². The molecule has 114 valence electrons. The number of aromatic nitrogens is 2. The highest BCUT2D eigenvalue weighted by Crippen LogP contribution is 2.27. The van der Waals surface area contributed by atoms with Gasteiger partial charge in [0.05, 0.1) is 10.8 Å². The van der Waals surface area contributed by atoms with Crippen LogP contribution >= 0.6 is 0 Å². The molecule has 1 aromatic heterocycles. The Hall–Kier alpha value is -2.45. The minimum Gasteiger partial charge on any atom is -0.481 e. The van der Waals surface area contributed by atoms with E-state index in [-0.39, 0.29) is 23.1 Å². The van der Waals surface area contributed by atoms with Gasteiger partial charge in [0.2, 0.25) is 5.69 Å². The molecule has 0 radical (unpaired) electrons. The molecular weight excluding hydrogens is 280 g/mol. The molecule has 1 amide bonds. The van der Waals surface area contributed by atoms with Crippen molar-refractivity contribution in [1.82, 2.24) is 15.1 Å². The second-order valence-electron chi connectivity index (χ2n) is 5.18. The maximum Gasteiger partial charge on any atom is 0.322 e. The normalized spacial score (nSPS) is 21.2. The van der Waals surface area contributed by atoms with Crippen LogP contribution in [0.4, 0.5) is 5.69 Å². The molecule has 1 saturated carbocycles. The van der Waals surface area contributed by atoms with Crippen molar-refractivity contribution in [3.8, 4) is 0 Å². The number of aliphatic carboxylic acids is 1. The molecule has 2 atom stereocenters. The zero-order valence-corrected chi connectivity index (χ0v) is 11.7. The van der Waals surface area contributed by atoms with Crippen molar-refractivity contribution < 1.29 is 19.6 Å². The van der Waals surface area contributed by atoms with E-state index in [0.29, 0.717) is 19.3 Å². The van der Waals surface area contributed by atoms with E-state index in [0.717, 1.165) is 0 Å². The molecular formula is C12H16N4O5. The first-order valence-electron chi connectivity index (χ1n) is 6.53. The van der Waals surface area contributed by atoms with E-state index in [1.54, 1.807) is 0 Å². The Bertz CT molecular complexity index is 609. The lowest BCUT2D eigenvalue weighted by atomic mass is 10.1.